The Hall–Kier alpha value is -2.06. The van der Waals surface area contributed by atoms with Gasteiger partial charge in [0.25, 0.3) is 0 Å². The van der Waals surface area contributed by atoms with E-state index in [2.05, 4.69) is 0 Å². The number of carboxylic acid groups (broad SMARTS) is 4. The third-order valence-corrected chi connectivity index (χ3v) is 0. The molecule has 0 saturated heterocycles. The van der Waals surface area contributed by atoms with Gasteiger partial charge in [-0.3, -0.25) is 0 Å². The van der Waals surface area contributed by atoms with Crippen molar-refractivity contribution >= 4 is 12.3 Å². The Bertz CT molecular complexity index is 99.3. The van der Waals surface area contributed by atoms with Crippen LogP contribution in [0, 0.1) is 4.91 Å². The quantitative estimate of drug-likeness (QED) is 0.260. The summed E-state index contributed by atoms with van der Waals surface area (Å²) in [5.41, 5.74) is 0. The fourth-order valence-electron chi connectivity index (χ4n) is 0. The largest absolute Gasteiger partial charge is 0.503 e. The topological polar surface area (TPSA) is 165 Å². The van der Waals surface area contributed by atoms with Crippen LogP contribution in [-0.4, -0.2) is 37.9 Å². The first-order valence-corrected chi connectivity index (χ1v) is 1.69. The Labute approximate surface area is 59.1 Å². The molecule has 0 aromatic rings. The van der Waals surface area contributed by atoms with Gasteiger partial charge in [-0.05, 0) is 0 Å². The van der Waals surface area contributed by atoms with Gasteiger partial charge in [0, 0.05) is 0 Å². The van der Waals surface area contributed by atoms with Crippen LogP contribution in [0.2, 0.25) is 0 Å². The van der Waals surface area contributed by atoms with E-state index in [4.69, 9.17) is 40.1 Å². The Morgan fingerprint density at radius 2 is 0.909 bits per heavy atom. The van der Waals surface area contributed by atoms with E-state index in [1.165, 1.54) is 5.34 Å². The lowest BCUT2D eigenvalue weighted by atomic mass is 11.5. The first kappa shape index (κ1) is 16.0. The molecule has 0 aromatic carbocycles. The van der Waals surface area contributed by atoms with Gasteiger partial charge in [-0.15, -0.1) is 4.91 Å². The number of carbonyl (C=O) groups is 2. The van der Waals surface area contributed by atoms with Gasteiger partial charge in [0.1, 0.15) is 0 Å². The molecule has 0 aliphatic heterocycles. The minimum atomic E-state index is -1.83. The van der Waals surface area contributed by atoms with Crippen LogP contribution >= 0.6 is 0 Å². The molecule has 0 unspecified atom stereocenters. The summed E-state index contributed by atoms with van der Waals surface area (Å²) in [5.74, 6) is 0. The van der Waals surface area contributed by atoms with Crippen molar-refractivity contribution in [2.45, 2.75) is 0 Å². The summed E-state index contributed by atoms with van der Waals surface area (Å²) in [7, 11) is 0. The molecule has 66 valence electrons. The van der Waals surface area contributed by atoms with Gasteiger partial charge >= 0.3 is 12.3 Å². The average molecular weight is 171 g/mol. The van der Waals surface area contributed by atoms with Gasteiger partial charge in [0.15, 0.2) is 5.34 Å². The van der Waals surface area contributed by atoms with Gasteiger partial charge in [-0.1, -0.05) is 0 Å². The Morgan fingerprint density at radius 3 is 0.909 bits per heavy atom. The van der Waals surface area contributed by atoms with Crippen molar-refractivity contribution in [1.82, 2.24) is 0 Å². The van der Waals surface area contributed by atoms with Crippen LogP contribution in [0.5, 0.6) is 0 Å². The lowest BCUT2D eigenvalue weighted by molar-refractivity contribution is 0.135. The fraction of sp³-hybridized carbons (Fsp3) is 0. The second kappa shape index (κ2) is 15.7. The second-order valence-corrected chi connectivity index (χ2v) is 0.647. The van der Waals surface area contributed by atoms with Crippen molar-refractivity contribution in [1.29, 1.82) is 0 Å². The highest BCUT2D eigenvalue weighted by Gasteiger charge is 1.70. The van der Waals surface area contributed by atoms with E-state index in [0.29, 0.717) is 0 Å². The Balaban J connectivity index is -0.0000000886. The monoisotopic (exact) mass is 171 g/mol. The molecule has 0 aliphatic rings. The van der Waals surface area contributed by atoms with Crippen LogP contribution in [0.15, 0.2) is 5.34 Å². The predicted octanol–water partition coefficient (Wildman–Crippen LogP) is 0.587. The molecule has 0 heterocycles. The SMILES string of the molecule is O=C(O)O.O=C(O)O.O=NO. The summed E-state index contributed by atoms with van der Waals surface area (Å²) >= 11 is 0. The highest BCUT2D eigenvalue weighted by atomic mass is 16.6. The molecule has 0 amide bonds. The zero-order valence-corrected chi connectivity index (χ0v) is 4.91. The molecule has 9 heteroatoms. The number of rotatable bonds is 0. The van der Waals surface area contributed by atoms with E-state index < -0.39 is 12.3 Å². The number of hydrogen-bond donors (Lipinski definition) is 5. The van der Waals surface area contributed by atoms with E-state index >= 15 is 0 Å². The minimum absolute atomic E-state index is 1.25. The smallest absolute Gasteiger partial charge is 0.450 e. The molecule has 11 heavy (non-hydrogen) atoms. The molecule has 0 radical (unpaired) electrons. The molecule has 5 N–H and O–H groups in total. The van der Waals surface area contributed by atoms with Crippen molar-refractivity contribution in [3.8, 4) is 0 Å². The summed E-state index contributed by atoms with van der Waals surface area (Å²) in [4.78, 5) is 25.2. The molecule has 0 rings (SSSR count). The van der Waals surface area contributed by atoms with Crippen LogP contribution in [0.1, 0.15) is 0 Å². The van der Waals surface area contributed by atoms with Crippen LogP contribution in [0.25, 0.3) is 0 Å². The molecule has 0 aromatic heterocycles. The molecular weight excluding hydrogens is 166 g/mol. The zero-order valence-electron chi connectivity index (χ0n) is 4.91. The summed E-state index contributed by atoms with van der Waals surface area (Å²) < 4.78 is 0. The van der Waals surface area contributed by atoms with Crippen LogP contribution in [0.4, 0.5) is 9.59 Å². The highest BCUT2D eigenvalue weighted by molar-refractivity contribution is 5.53. The zero-order chi connectivity index (χ0) is 9.86. The van der Waals surface area contributed by atoms with E-state index in [0.717, 1.165) is 0 Å². The highest BCUT2D eigenvalue weighted by Crippen LogP contribution is 1.43. The molecular formula is C2H5NO8. The molecule has 0 fully saturated rings. The standard InChI is InChI=1S/2CH2O3.HNO2/c2*2-1(3)4;2-1-3/h2*(H2,2,3,4);(H,2,3). The van der Waals surface area contributed by atoms with Crippen LogP contribution in [0.3, 0.4) is 0 Å². The third-order valence-electron chi connectivity index (χ3n) is 0. The molecule has 0 atom stereocenters. The Morgan fingerprint density at radius 1 is 0.909 bits per heavy atom. The summed E-state index contributed by atoms with van der Waals surface area (Å²) in [6.07, 6.45) is -3.67. The van der Waals surface area contributed by atoms with Crippen molar-refractivity contribution in [3.05, 3.63) is 4.91 Å². The lowest BCUT2D eigenvalue weighted by Crippen LogP contribution is -1.81. The maximum Gasteiger partial charge on any atom is 0.503 e. The minimum Gasteiger partial charge on any atom is -0.450 e. The predicted molar refractivity (Wildman–Crippen MR) is 28.9 cm³/mol. The van der Waals surface area contributed by atoms with Gasteiger partial charge in [0.2, 0.25) is 0 Å². The van der Waals surface area contributed by atoms with Crippen molar-refractivity contribution in [3.63, 3.8) is 0 Å². The van der Waals surface area contributed by atoms with Gasteiger partial charge < -0.3 is 25.6 Å². The fourth-order valence-corrected chi connectivity index (χ4v) is 0. The number of nitrogens with zero attached hydrogens (tertiary/aromatic N) is 1. The molecule has 0 aliphatic carbocycles. The van der Waals surface area contributed by atoms with E-state index in [1.807, 2.05) is 0 Å². The maximum atomic E-state index is 8.56. The Kier molecular flexibility index (Phi) is 22.8. The van der Waals surface area contributed by atoms with Crippen molar-refractivity contribution in [2.24, 2.45) is 5.34 Å². The maximum absolute atomic E-state index is 8.56. The molecule has 9 nitrogen and oxygen atoms in total. The van der Waals surface area contributed by atoms with Gasteiger partial charge in [-0.25, -0.2) is 9.59 Å². The summed E-state index contributed by atoms with van der Waals surface area (Å²) in [5, 5.41) is 35.8. The second-order valence-electron chi connectivity index (χ2n) is 0.647. The molecule has 0 spiro atoms. The summed E-state index contributed by atoms with van der Waals surface area (Å²) in [6.45, 7) is 0. The third kappa shape index (κ3) is 66.0. The normalized spacial score (nSPS) is 5.45. The molecule has 0 bridgehead atoms. The molecule has 0 saturated carbocycles. The van der Waals surface area contributed by atoms with Crippen LogP contribution in [-0.2, 0) is 0 Å². The summed E-state index contributed by atoms with van der Waals surface area (Å²) in [6, 6.07) is 0. The van der Waals surface area contributed by atoms with Crippen molar-refractivity contribution in [2.75, 3.05) is 0 Å². The van der Waals surface area contributed by atoms with Crippen LogP contribution < -0.4 is 0 Å². The first-order valence-electron chi connectivity index (χ1n) is 1.69. The van der Waals surface area contributed by atoms with E-state index in [-0.39, 0.29) is 0 Å². The van der Waals surface area contributed by atoms with Gasteiger partial charge in [0.05, 0.1) is 0 Å². The van der Waals surface area contributed by atoms with E-state index in [1.54, 1.807) is 0 Å². The number of hydrogen-bond acceptors (Lipinski definition) is 4. The first-order chi connectivity index (χ1) is 4.88. The van der Waals surface area contributed by atoms with E-state index in [9.17, 15) is 0 Å². The van der Waals surface area contributed by atoms with Crippen molar-refractivity contribution < 1.29 is 35.2 Å². The lowest BCUT2D eigenvalue weighted by Gasteiger charge is -1.60. The van der Waals surface area contributed by atoms with Gasteiger partial charge in [-0.2, -0.15) is 0 Å². The average Bonchev–Trinajstić information content (AvgIpc) is 1.60.